The fourth-order valence-corrected chi connectivity index (χ4v) is 5.53. The van der Waals surface area contributed by atoms with Crippen LogP contribution in [0.1, 0.15) is 19.3 Å². The van der Waals surface area contributed by atoms with E-state index in [1.54, 1.807) is 0 Å². The highest BCUT2D eigenvalue weighted by Crippen LogP contribution is 2.50. The maximum absolute atomic E-state index is 12.2. The predicted octanol–water partition coefficient (Wildman–Crippen LogP) is 0.517. The van der Waals surface area contributed by atoms with Gasteiger partial charge in [0.05, 0.1) is 25.9 Å². The summed E-state index contributed by atoms with van der Waals surface area (Å²) in [5.74, 6) is 0.226. The number of ether oxygens (including phenoxy) is 2. The molecular weight excluding hydrogens is 391 g/mol. The van der Waals surface area contributed by atoms with Crippen LogP contribution in [0.4, 0.5) is 13.2 Å². The van der Waals surface area contributed by atoms with E-state index in [0.29, 0.717) is 23.8 Å². The van der Waals surface area contributed by atoms with Crippen LogP contribution in [0.3, 0.4) is 0 Å². The van der Waals surface area contributed by atoms with E-state index >= 15 is 0 Å². The van der Waals surface area contributed by atoms with Gasteiger partial charge in [-0.25, -0.2) is 8.42 Å². The zero-order valence-electron chi connectivity index (χ0n) is 12.9. The molecule has 3 rings (SSSR count). The number of fused-ring (bicyclic) bond motifs is 2. The summed E-state index contributed by atoms with van der Waals surface area (Å²) in [6, 6.07) is 0. The molecule has 3 aliphatic rings. The van der Waals surface area contributed by atoms with E-state index in [1.807, 2.05) is 0 Å². The van der Waals surface area contributed by atoms with E-state index < -0.39 is 25.8 Å². The number of hydrogen-bond acceptors (Lipinski definition) is 7. The number of sulfonamides is 1. The monoisotopic (exact) mass is 409 g/mol. The third-order valence-corrected chi connectivity index (χ3v) is 7.54. The Morgan fingerprint density at radius 3 is 2.24 bits per heavy atom. The molecule has 25 heavy (non-hydrogen) atoms. The van der Waals surface area contributed by atoms with Gasteiger partial charge in [-0.15, -0.1) is 0 Å². The lowest BCUT2D eigenvalue weighted by Crippen LogP contribution is -2.41. The molecule has 0 aromatic rings. The topological polar surface area (TPSA) is 111 Å². The first-order valence-electron chi connectivity index (χ1n) is 7.69. The van der Waals surface area contributed by atoms with Crippen molar-refractivity contribution in [2.45, 2.75) is 37.0 Å². The minimum absolute atomic E-state index is 0.0748. The average Bonchev–Trinajstić information content (AvgIpc) is 3.09. The van der Waals surface area contributed by atoms with Crippen molar-refractivity contribution in [3.05, 3.63) is 0 Å². The van der Waals surface area contributed by atoms with Crippen molar-refractivity contribution in [1.29, 1.82) is 0 Å². The summed E-state index contributed by atoms with van der Waals surface area (Å²) in [5.41, 5.74) is -5.73. The standard InChI is InChI=1S/C12H18F3NO7S2/c13-12(14,15)24(17,18)16-25(19,20)23-4-9-2-8-1-7(9)3-11(8)22-6-10-5-21-10/h7-11,16H,1-6H2. The third-order valence-electron chi connectivity index (χ3n) is 4.79. The lowest BCUT2D eigenvalue weighted by atomic mass is 9.88. The van der Waals surface area contributed by atoms with Crippen LogP contribution >= 0.6 is 0 Å². The van der Waals surface area contributed by atoms with Gasteiger partial charge in [0.2, 0.25) is 0 Å². The molecule has 1 heterocycles. The van der Waals surface area contributed by atoms with E-state index in [4.69, 9.17) is 9.47 Å². The summed E-state index contributed by atoms with van der Waals surface area (Å²) in [4.78, 5) is 0. The average molecular weight is 409 g/mol. The predicted molar refractivity (Wildman–Crippen MR) is 76.8 cm³/mol. The minimum atomic E-state index is -6.02. The zero-order chi connectivity index (χ0) is 18.5. The highest BCUT2D eigenvalue weighted by Gasteiger charge is 2.50. The van der Waals surface area contributed by atoms with Crippen LogP contribution in [0.5, 0.6) is 0 Å². The summed E-state index contributed by atoms with van der Waals surface area (Å²) < 4.78 is 97.1. The van der Waals surface area contributed by atoms with Crippen LogP contribution in [-0.4, -0.2) is 54.4 Å². The Hall–Kier alpha value is -0.470. The number of rotatable bonds is 8. The second-order valence-corrected chi connectivity index (χ2v) is 9.87. The number of halogens is 3. The SMILES string of the molecule is O=S(=O)(NS(=O)(=O)C(F)(F)F)OCC1CC2CC1CC2OCC1CO1. The van der Waals surface area contributed by atoms with Crippen molar-refractivity contribution >= 4 is 20.3 Å². The Kier molecular flexibility index (Phi) is 5.10. The molecular formula is C12H18F3NO7S2. The first kappa shape index (κ1) is 19.3. The Morgan fingerprint density at radius 2 is 1.72 bits per heavy atom. The van der Waals surface area contributed by atoms with Crippen molar-refractivity contribution in [3.8, 4) is 0 Å². The van der Waals surface area contributed by atoms with Gasteiger partial charge in [0.1, 0.15) is 6.10 Å². The van der Waals surface area contributed by atoms with Crippen LogP contribution in [0.15, 0.2) is 0 Å². The molecule has 3 fully saturated rings. The summed E-state index contributed by atoms with van der Waals surface area (Å²) in [5, 5.41) is 0. The maximum Gasteiger partial charge on any atom is 0.512 e. The molecule has 0 spiro atoms. The first-order chi connectivity index (χ1) is 11.5. The first-order valence-corrected chi connectivity index (χ1v) is 10.6. The molecule has 2 saturated carbocycles. The molecule has 13 heteroatoms. The normalized spacial score (nSPS) is 35.2. The van der Waals surface area contributed by atoms with Crippen LogP contribution < -0.4 is 4.13 Å². The van der Waals surface area contributed by atoms with E-state index in [-0.39, 0.29) is 36.6 Å². The molecule has 0 aromatic heterocycles. The number of alkyl halides is 3. The fraction of sp³-hybridized carbons (Fsp3) is 1.00. The molecule has 1 N–H and O–H groups in total. The summed E-state index contributed by atoms with van der Waals surface area (Å²) in [6.45, 7) is 0.869. The van der Waals surface area contributed by atoms with Crippen LogP contribution in [0.2, 0.25) is 0 Å². The smallest absolute Gasteiger partial charge is 0.375 e. The van der Waals surface area contributed by atoms with Crippen molar-refractivity contribution in [2.24, 2.45) is 17.8 Å². The van der Waals surface area contributed by atoms with Gasteiger partial charge < -0.3 is 9.47 Å². The summed E-state index contributed by atoms with van der Waals surface area (Å²) in [6.07, 6.45) is 2.41. The lowest BCUT2D eigenvalue weighted by Gasteiger charge is -2.27. The Balaban J connectivity index is 1.47. The van der Waals surface area contributed by atoms with Gasteiger partial charge in [-0.2, -0.15) is 21.6 Å². The van der Waals surface area contributed by atoms with Crippen molar-refractivity contribution < 1.29 is 43.7 Å². The fourth-order valence-electron chi connectivity index (χ4n) is 3.53. The van der Waals surface area contributed by atoms with Gasteiger partial charge in [0.15, 0.2) is 0 Å². The quantitative estimate of drug-likeness (QED) is 0.582. The molecule has 2 bridgehead atoms. The molecule has 1 saturated heterocycles. The van der Waals surface area contributed by atoms with Crippen LogP contribution in [0, 0.1) is 17.8 Å². The van der Waals surface area contributed by atoms with Crippen LogP contribution in [-0.2, 0) is 34.0 Å². The second-order valence-electron chi connectivity index (χ2n) is 6.59. The molecule has 1 aliphatic heterocycles. The summed E-state index contributed by atoms with van der Waals surface area (Å²) in [7, 11) is -11.1. The van der Waals surface area contributed by atoms with Gasteiger partial charge >= 0.3 is 25.8 Å². The highest BCUT2D eigenvalue weighted by molar-refractivity contribution is 8.03. The van der Waals surface area contributed by atoms with Crippen molar-refractivity contribution in [1.82, 2.24) is 4.13 Å². The van der Waals surface area contributed by atoms with E-state index in [9.17, 15) is 30.0 Å². The Labute approximate surface area is 143 Å². The number of hydrogen-bond donors (Lipinski definition) is 1. The zero-order valence-corrected chi connectivity index (χ0v) is 14.6. The van der Waals surface area contributed by atoms with Crippen molar-refractivity contribution in [2.75, 3.05) is 19.8 Å². The number of nitrogens with one attached hydrogen (secondary N) is 1. The molecule has 5 atom stereocenters. The number of epoxide rings is 1. The third kappa shape index (κ3) is 4.63. The van der Waals surface area contributed by atoms with Gasteiger partial charge in [0, 0.05) is 0 Å². The lowest BCUT2D eigenvalue weighted by molar-refractivity contribution is -0.0442. The molecule has 0 amide bonds. The van der Waals surface area contributed by atoms with Crippen molar-refractivity contribution in [3.63, 3.8) is 0 Å². The Bertz CT molecular complexity index is 705. The van der Waals surface area contributed by atoms with E-state index in [1.165, 1.54) is 0 Å². The van der Waals surface area contributed by atoms with Gasteiger partial charge in [0.25, 0.3) is 0 Å². The molecule has 0 radical (unpaired) electrons. The van der Waals surface area contributed by atoms with Gasteiger partial charge in [-0.3, -0.25) is 4.18 Å². The summed E-state index contributed by atoms with van der Waals surface area (Å²) >= 11 is 0. The van der Waals surface area contributed by atoms with Gasteiger partial charge in [-0.1, -0.05) is 4.13 Å². The molecule has 146 valence electrons. The van der Waals surface area contributed by atoms with E-state index in [0.717, 1.165) is 12.8 Å². The van der Waals surface area contributed by atoms with Gasteiger partial charge in [-0.05, 0) is 37.0 Å². The van der Waals surface area contributed by atoms with E-state index in [2.05, 4.69) is 4.18 Å². The molecule has 0 aromatic carbocycles. The molecule has 5 unspecified atom stereocenters. The highest BCUT2D eigenvalue weighted by atomic mass is 32.3. The largest absolute Gasteiger partial charge is 0.512 e. The molecule has 2 aliphatic carbocycles. The maximum atomic E-state index is 12.2. The Morgan fingerprint density at radius 1 is 1.04 bits per heavy atom. The molecule has 8 nitrogen and oxygen atoms in total. The van der Waals surface area contributed by atoms with Crippen LogP contribution in [0.25, 0.3) is 0 Å². The second kappa shape index (κ2) is 6.60. The minimum Gasteiger partial charge on any atom is -0.375 e.